The summed E-state index contributed by atoms with van der Waals surface area (Å²) in [5.41, 5.74) is 6.52. The number of carbonyl (C=O) groups is 2. The molecule has 3 aliphatic rings. The van der Waals surface area contributed by atoms with Crippen LogP contribution in [0.2, 0.25) is 0 Å². The first-order valence-electron chi connectivity index (χ1n) is 10.0. The van der Waals surface area contributed by atoms with E-state index in [4.69, 9.17) is 0 Å². The Balaban J connectivity index is 1.93. The molecule has 26 heavy (non-hydrogen) atoms. The first-order valence-corrected chi connectivity index (χ1v) is 10.0. The largest absolute Gasteiger partial charge is 0.317 e. The highest BCUT2D eigenvalue weighted by atomic mass is 16.1. The first kappa shape index (κ1) is 17.3. The van der Waals surface area contributed by atoms with Crippen molar-refractivity contribution in [2.45, 2.75) is 65.2 Å². The SMILES string of the molecule is CCCC1C2=C(CCCC2=O)N(c2ccc(C)cc2)C2=C1C(=O)CCC2. The van der Waals surface area contributed by atoms with Gasteiger partial charge < -0.3 is 4.90 Å². The van der Waals surface area contributed by atoms with Crippen LogP contribution in [0, 0.1) is 12.8 Å². The number of benzene rings is 1. The van der Waals surface area contributed by atoms with Crippen LogP contribution in [0.4, 0.5) is 5.69 Å². The molecular weight excluding hydrogens is 322 g/mol. The predicted molar refractivity (Wildman–Crippen MR) is 104 cm³/mol. The number of hydrogen-bond donors (Lipinski definition) is 0. The quantitative estimate of drug-likeness (QED) is 0.748. The highest BCUT2D eigenvalue weighted by molar-refractivity contribution is 6.06. The number of nitrogens with zero attached hydrogens (tertiary/aromatic N) is 1. The van der Waals surface area contributed by atoms with Gasteiger partial charge in [-0.25, -0.2) is 0 Å². The minimum Gasteiger partial charge on any atom is -0.317 e. The molecule has 0 bridgehead atoms. The molecule has 1 aliphatic heterocycles. The normalized spacial score (nSPS) is 21.2. The Hall–Kier alpha value is -2.16. The minimum absolute atomic E-state index is 0.0206. The zero-order chi connectivity index (χ0) is 18.3. The fourth-order valence-electron chi connectivity index (χ4n) is 4.84. The van der Waals surface area contributed by atoms with Crippen LogP contribution in [0.25, 0.3) is 0 Å². The van der Waals surface area contributed by atoms with Crippen molar-refractivity contribution in [2.24, 2.45) is 5.92 Å². The van der Waals surface area contributed by atoms with E-state index in [-0.39, 0.29) is 17.5 Å². The van der Waals surface area contributed by atoms with Crippen LogP contribution >= 0.6 is 0 Å². The summed E-state index contributed by atoms with van der Waals surface area (Å²) in [6, 6.07) is 8.48. The number of ketones is 2. The van der Waals surface area contributed by atoms with Crippen molar-refractivity contribution in [2.75, 3.05) is 4.90 Å². The lowest BCUT2D eigenvalue weighted by Crippen LogP contribution is -2.40. The third-order valence-corrected chi connectivity index (χ3v) is 5.96. The van der Waals surface area contributed by atoms with E-state index in [1.807, 2.05) is 0 Å². The molecule has 0 unspecified atom stereocenters. The van der Waals surface area contributed by atoms with E-state index >= 15 is 0 Å². The molecule has 0 N–H and O–H groups in total. The Morgan fingerprint density at radius 1 is 0.885 bits per heavy atom. The summed E-state index contributed by atoms with van der Waals surface area (Å²) in [6.07, 6.45) is 6.82. The van der Waals surface area contributed by atoms with Gasteiger partial charge in [0.15, 0.2) is 11.6 Å². The number of rotatable bonds is 3. The second-order valence-corrected chi connectivity index (χ2v) is 7.79. The molecule has 3 nitrogen and oxygen atoms in total. The van der Waals surface area contributed by atoms with E-state index in [2.05, 4.69) is 43.0 Å². The highest BCUT2D eigenvalue weighted by Crippen LogP contribution is 2.47. The predicted octanol–water partition coefficient (Wildman–Crippen LogP) is 5.25. The molecule has 0 fully saturated rings. The molecule has 2 aliphatic carbocycles. The summed E-state index contributed by atoms with van der Waals surface area (Å²) in [5, 5.41) is 0. The van der Waals surface area contributed by atoms with Crippen molar-refractivity contribution in [1.29, 1.82) is 0 Å². The van der Waals surface area contributed by atoms with Gasteiger partial charge in [-0.05, 0) is 51.2 Å². The second kappa shape index (κ2) is 6.86. The molecule has 0 aromatic heterocycles. The maximum atomic E-state index is 12.9. The number of hydrogen-bond acceptors (Lipinski definition) is 3. The van der Waals surface area contributed by atoms with Gasteiger partial charge in [-0.3, -0.25) is 9.59 Å². The van der Waals surface area contributed by atoms with Crippen LogP contribution in [0.15, 0.2) is 46.8 Å². The maximum absolute atomic E-state index is 12.9. The van der Waals surface area contributed by atoms with Gasteiger partial charge in [0.25, 0.3) is 0 Å². The fourth-order valence-corrected chi connectivity index (χ4v) is 4.84. The number of anilines is 1. The van der Waals surface area contributed by atoms with Crippen LogP contribution in [0.3, 0.4) is 0 Å². The molecule has 0 saturated heterocycles. The molecular formula is C23H27NO2. The topological polar surface area (TPSA) is 37.4 Å². The molecule has 0 spiro atoms. The number of Topliss-reactive ketones (excluding diaryl/α,β-unsaturated/α-hetero) is 2. The summed E-state index contributed by atoms with van der Waals surface area (Å²) >= 11 is 0. The van der Waals surface area contributed by atoms with E-state index < -0.39 is 0 Å². The van der Waals surface area contributed by atoms with Crippen LogP contribution in [0.1, 0.15) is 63.9 Å². The lowest BCUT2D eigenvalue weighted by atomic mass is 9.72. The Morgan fingerprint density at radius 3 is 1.92 bits per heavy atom. The summed E-state index contributed by atoms with van der Waals surface area (Å²) in [7, 11) is 0. The van der Waals surface area contributed by atoms with Crippen molar-refractivity contribution >= 4 is 17.3 Å². The molecule has 0 radical (unpaired) electrons. The monoisotopic (exact) mass is 349 g/mol. The van der Waals surface area contributed by atoms with E-state index in [1.54, 1.807) is 0 Å². The van der Waals surface area contributed by atoms with Crippen molar-refractivity contribution in [3.8, 4) is 0 Å². The molecule has 0 amide bonds. The van der Waals surface area contributed by atoms with Gasteiger partial charge in [0.1, 0.15) is 0 Å². The molecule has 1 aromatic carbocycles. The fraction of sp³-hybridized carbons (Fsp3) is 0.478. The highest BCUT2D eigenvalue weighted by Gasteiger charge is 2.42. The molecule has 4 rings (SSSR count). The standard InChI is InChI=1S/C23H27NO2/c1-3-6-17-22-18(7-4-9-20(22)25)24(16-13-11-15(2)12-14-16)19-8-5-10-21(26)23(17)19/h11-14,17H,3-10H2,1-2H3. The van der Waals surface area contributed by atoms with E-state index in [0.717, 1.165) is 66.8 Å². The van der Waals surface area contributed by atoms with E-state index in [0.29, 0.717) is 12.8 Å². The van der Waals surface area contributed by atoms with Crippen LogP contribution in [-0.4, -0.2) is 11.6 Å². The zero-order valence-corrected chi connectivity index (χ0v) is 15.8. The Kier molecular flexibility index (Phi) is 4.56. The van der Waals surface area contributed by atoms with Gasteiger partial charge in [0.2, 0.25) is 0 Å². The zero-order valence-electron chi connectivity index (χ0n) is 15.8. The van der Waals surface area contributed by atoms with Crippen molar-refractivity contribution < 1.29 is 9.59 Å². The van der Waals surface area contributed by atoms with E-state index in [9.17, 15) is 9.59 Å². The second-order valence-electron chi connectivity index (χ2n) is 7.79. The molecule has 0 saturated carbocycles. The summed E-state index contributed by atoms with van der Waals surface area (Å²) in [5.74, 6) is 0.533. The average Bonchev–Trinajstić information content (AvgIpc) is 2.63. The number of allylic oxidation sites excluding steroid dienone is 4. The van der Waals surface area contributed by atoms with Gasteiger partial charge >= 0.3 is 0 Å². The Morgan fingerprint density at radius 2 is 1.42 bits per heavy atom. The maximum Gasteiger partial charge on any atom is 0.161 e. The molecule has 3 heteroatoms. The van der Waals surface area contributed by atoms with Gasteiger partial charge in [-0.2, -0.15) is 0 Å². The molecule has 1 aromatic rings. The smallest absolute Gasteiger partial charge is 0.161 e. The van der Waals surface area contributed by atoms with Gasteiger partial charge in [-0.15, -0.1) is 0 Å². The van der Waals surface area contributed by atoms with Crippen molar-refractivity contribution in [1.82, 2.24) is 0 Å². The summed E-state index contributed by atoms with van der Waals surface area (Å²) in [6.45, 7) is 4.23. The number of aryl methyl sites for hydroxylation is 1. The molecule has 136 valence electrons. The minimum atomic E-state index is 0.0206. The third kappa shape index (κ3) is 2.74. The van der Waals surface area contributed by atoms with Crippen LogP contribution in [0.5, 0.6) is 0 Å². The van der Waals surface area contributed by atoms with Crippen molar-refractivity contribution in [3.05, 3.63) is 52.4 Å². The third-order valence-electron chi connectivity index (χ3n) is 5.96. The lowest BCUT2D eigenvalue weighted by Gasteiger charge is -2.43. The Labute approximate surface area is 155 Å². The lowest BCUT2D eigenvalue weighted by molar-refractivity contribution is -0.117. The summed E-state index contributed by atoms with van der Waals surface area (Å²) < 4.78 is 0. The molecule has 0 atom stereocenters. The van der Waals surface area contributed by atoms with Gasteiger partial charge in [0.05, 0.1) is 0 Å². The van der Waals surface area contributed by atoms with Gasteiger partial charge in [0, 0.05) is 47.0 Å². The number of carbonyl (C=O) groups excluding carboxylic acids is 2. The Bertz CT molecular complexity index is 769. The van der Waals surface area contributed by atoms with Crippen LogP contribution in [-0.2, 0) is 9.59 Å². The van der Waals surface area contributed by atoms with E-state index in [1.165, 1.54) is 5.56 Å². The summed E-state index contributed by atoms with van der Waals surface area (Å²) in [4.78, 5) is 28.1. The van der Waals surface area contributed by atoms with Gasteiger partial charge in [-0.1, -0.05) is 31.0 Å². The average molecular weight is 349 g/mol. The molecule has 1 heterocycles. The van der Waals surface area contributed by atoms with Crippen LogP contribution < -0.4 is 4.90 Å². The first-order chi connectivity index (χ1) is 12.6. The van der Waals surface area contributed by atoms with Crippen molar-refractivity contribution in [3.63, 3.8) is 0 Å².